The van der Waals surface area contributed by atoms with Gasteiger partial charge in [-0.3, -0.25) is 9.69 Å². The van der Waals surface area contributed by atoms with Crippen LogP contribution in [0.4, 0.5) is 0 Å². The van der Waals surface area contributed by atoms with E-state index in [1.54, 1.807) is 0 Å². The number of amides is 1. The first-order valence-corrected chi connectivity index (χ1v) is 8.28. The highest BCUT2D eigenvalue weighted by Crippen LogP contribution is 2.22. The summed E-state index contributed by atoms with van der Waals surface area (Å²) >= 11 is 0. The molecule has 1 aromatic carbocycles. The topological polar surface area (TPSA) is 58.4 Å². The Balaban J connectivity index is 1.98. The molecule has 0 spiro atoms. The zero-order valence-electron chi connectivity index (χ0n) is 14.1. The second kappa shape index (κ2) is 7.75. The van der Waals surface area contributed by atoms with Gasteiger partial charge in [0, 0.05) is 26.2 Å². The average Bonchev–Trinajstić information content (AvgIpc) is 2.50. The van der Waals surface area contributed by atoms with Crippen molar-refractivity contribution in [2.45, 2.75) is 40.2 Å². The van der Waals surface area contributed by atoms with E-state index in [0.29, 0.717) is 13.1 Å². The predicted molar refractivity (Wildman–Crippen MR) is 90.7 cm³/mol. The summed E-state index contributed by atoms with van der Waals surface area (Å²) in [6.45, 7) is 10.4. The van der Waals surface area contributed by atoms with Crippen molar-refractivity contribution in [1.29, 1.82) is 0 Å². The molecule has 2 rings (SSSR count). The van der Waals surface area contributed by atoms with Gasteiger partial charge < -0.3 is 11.1 Å². The molecular formula is C18H29N3O. The zero-order chi connectivity index (χ0) is 16.1. The number of carbonyl (C=O) groups excluding carboxylic acids is 1. The molecule has 1 aromatic rings. The lowest BCUT2D eigenvalue weighted by Gasteiger charge is -2.32. The number of rotatable bonds is 5. The van der Waals surface area contributed by atoms with Gasteiger partial charge in [0.25, 0.3) is 0 Å². The zero-order valence-corrected chi connectivity index (χ0v) is 14.1. The van der Waals surface area contributed by atoms with Crippen LogP contribution in [-0.4, -0.2) is 37.0 Å². The van der Waals surface area contributed by atoms with E-state index in [2.05, 4.69) is 43.1 Å². The molecular weight excluding hydrogens is 274 g/mol. The smallest absolute Gasteiger partial charge is 0.224 e. The molecule has 0 bridgehead atoms. The number of hydrogen-bond acceptors (Lipinski definition) is 3. The molecule has 4 nitrogen and oxygen atoms in total. The number of piperidine rings is 1. The van der Waals surface area contributed by atoms with Crippen LogP contribution in [0.2, 0.25) is 0 Å². The maximum Gasteiger partial charge on any atom is 0.224 e. The molecule has 0 aromatic heterocycles. The second-order valence-electron chi connectivity index (χ2n) is 6.52. The molecule has 0 aliphatic carbocycles. The number of carbonyl (C=O) groups is 1. The summed E-state index contributed by atoms with van der Waals surface area (Å²) < 4.78 is 0. The van der Waals surface area contributed by atoms with Crippen LogP contribution in [-0.2, 0) is 11.3 Å². The van der Waals surface area contributed by atoms with Crippen molar-refractivity contribution in [2.75, 3.05) is 26.2 Å². The first kappa shape index (κ1) is 17.0. The van der Waals surface area contributed by atoms with Crippen molar-refractivity contribution in [3.8, 4) is 0 Å². The van der Waals surface area contributed by atoms with Crippen LogP contribution in [0.15, 0.2) is 12.1 Å². The third-order valence-corrected chi connectivity index (χ3v) is 4.67. The fraction of sp³-hybridized carbons (Fsp3) is 0.611. The number of benzene rings is 1. The Labute approximate surface area is 134 Å². The molecule has 1 atom stereocenters. The molecule has 0 radical (unpaired) electrons. The molecule has 3 N–H and O–H groups in total. The first-order chi connectivity index (χ1) is 10.5. The van der Waals surface area contributed by atoms with Gasteiger partial charge in [0.05, 0.1) is 5.92 Å². The average molecular weight is 303 g/mol. The van der Waals surface area contributed by atoms with Gasteiger partial charge in [-0.15, -0.1) is 0 Å². The molecule has 1 heterocycles. The largest absolute Gasteiger partial charge is 0.355 e. The van der Waals surface area contributed by atoms with Crippen LogP contribution in [0, 0.1) is 26.7 Å². The molecule has 0 saturated carbocycles. The lowest BCUT2D eigenvalue weighted by atomic mass is 9.95. The third kappa shape index (κ3) is 4.31. The van der Waals surface area contributed by atoms with Gasteiger partial charge in [0.2, 0.25) is 5.91 Å². The van der Waals surface area contributed by atoms with Gasteiger partial charge in [0.1, 0.15) is 0 Å². The Morgan fingerprint density at radius 2 is 2.00 bits per heavy atom. The van der Waals surface area contributed by atoms with E-state index < -0.39 is 0 Å². The van der Waals surface area contributed by atoms with E-state index in [1.165, 1.54) is 22.3 Å². The lowest BCUT2D eigenvalue weighted by Crippen LogP contribution is -2.43. The summed E-state index contributed by atoms with van der Waals surface area (Å²) in [4.78, 5) is 14.5. The third-order valence-electron chi connectivity index (χ3n) is 4.67. The highest BCUT2D eigenvalue weighted by molar-refractivity contribution is 5.78. The molecule has 1 saturated heterocycles. The highest BCUT2D eigenvalue weighted by atomic mass is 16.1. The number of aryl methyl sites for hydroxylation is 3. The van der Waals surface area contributed by atoms with Gasteiger partial charge in [-0.2, -0.15) is 0 Å². The van der Waals surface area contributed by atoms with Gasteiger partial charge in [-0.25, -0.2) is 0 Å². The summed E-state index contributed by atoms with van der Waals surface area (Å²) in [6.07, 6.45) is 2.07. The Morgan fingerprint density at radius 1 is 1.27 bits per heavy atom. The van der Waals surface area contributed by atoms with Crippen molar-refractivity contribution in [3.63, 3.8) is 0 Å². The molecule has 1 unspecified atom stereocenters. The molecule has 1 aliphatic heterocycles. The number of nitrogens with zero attached hydrogens (tertiary/aromatic N) is 1. The van der Waals surface area contributed by atoms with Crippen LogP contribution < -0.4 is 11.1 Å². The van der Waals surface area contributed by atoms with Crippen molar-refractivity contribution in [2.24, 2.45) is 11.7 Å². The minimum absolute atomic E-state index is 0.104. The van der Waals surface area contributed by atoms with E-state index in [9.17, 15) is 4.79 Å². The molecule has 22 heavy (non-hydrogen) atoms. The number of nitrogens with two attached hydrogens (primary N) is 1. The SMILES string of the molecule is Cc1cc(C)c(CN2CCCC(C(=O)NCCN)C2)cc1C. The van der Waals surface area contributed by atoms with Crippen LogP contribution in [0.25, 0.3) is 0 Å². The molecule has 1 amide bonds. The molecule has 1 fully saturated rings. The summed E-state index contributed by atoms with van der Waals surface area (Å²) in [7, 11) is 0. The van der Waals surface area contributed by atoms with Gasteiger partial charge in [-0.1, -0.05) is 12.1 Å². The maximum atomic E-state index is 12.1. The summed E-state index contributed by atoms with van der Waals surface area (Å²) in [6, 6.07) is 4.56. The normalized spacial score (nSPS) is 19.2. The summed E-state index contributed by atoms with van der Waals surface area (Å²) in [5.74, 6) is 0.263. The maximum absolute atomic E-state index is 12.1. The van der Waals surface area contributed by atoms with Crippen molar-refractivity contribution < 1.29 is 4.79 Å². The Hall–Kier alpha value is -1.39. The van der Waals surface area contributed by atoms with Gasteiger partial charge in [-0.05, 0) is 62.4 Å². The fourth-order valence-electron chi connectivity index (χ4n) is 3.18. The van der Waals surface area contributed by atoms with Crippen molar-refractivity contribution >= 4 is 5.91 Å². The Kier molecular flexibility index (Phi) is 5.98. The van der Waals surface area contributed by atoms with Crippen LogP contribution in [0.5, 0.6) is 0 Å². The van der Waals surface area contributed by atoms with Crippen molar-refractivity contribution in [1.82, 2.24) is 10.2 Å². The fourth-order valence-corrected chi connectivity index (χ4v) is 3.18. The molecule has 122 valence electrons. The minimum atomic E-state index is 0.104. The Morgan fingerprint density at radius 3 is 2.73 bits per heavy atom. The van der Waals surface area contributed by atoms with Crippen LogP contribution >= 0.6 is 0 Å². The lowest BCUT2D eigenvalue weighted by molar-refractivity contribution is -0.126. The monoisotopic (exact) mass is 303 g/mol. The Bertz CT molecular complexity index is 527. The van der Waals surface area contributed by atoms with Gasteiger partial charge >= 0.3 is 0 Å². The number of nitrogens with one attached hydrogen (secondary N) is 1. The quantitative estimate of drug-likeness (QED) is 0.873. The number of likely N-dealkylation sites (tertiary alicyclic amines) is 1. The van der Waals surface area contributed by atoms with Crippen LogP contribution in [0.3, 0.4) is 0 Å². The highest BCUT2D eigenvalue weighted by Gasteiger charge is 2.25. The summed E-state index contributed by atoms with van der Waals surface area (Å²) in [5, 5.41) is 2.92. The second-order valence-corrected chi connectivity index (χ2v) is 6.52. The van der Waals surface area contributed by atoms with E-state index in [1.807, 2.05) is 0 Å². The van der Waals surface area contributed by atoms with Crippen LogP contribution in [0.1, 0.15) is 35.1 Å². The summed E-state index contributed by atoms with van der Waals surface area (Å²) in [5.41, 5.74) is 10.9. The van der Waals surface area contributed by atoms with E-state index in [4.69, 9.17) is 5.73 Å². The first-order valence-electron chi connectivity index (χ1n) is 8.28. The van der Waals surface area contributed by atoms with E-state index in [0.717, 1.165) is 32.5 Å². The van der Waals surface area contributed by atoms with Gasteiger partial charge in [0.15, 0.2) is 0 Å². The number of hydrogen-bond donors (Lipinski definition) is 2. The van der Waals surface area contributed by atoms with E-state index in [-0.39, 0.29) is 11.8 Å². The van der Waals surface area contributed by atoms with E-state index >= 15 is 0 Å². The molecule has 1 aliphatic rings. The van der Waals surface area contributed by atoms with Crippen molar-refractivity contribution in [3.05, 3.63) is 34.4 Å². The predicted octanol–water partition coefficient (Wildman–Crippen LogP) is 1.90. The molecule has 4 heteroatoms. The minimum Gasteiger partial charge on any atom is -0.355 e. The standard InChI is InChI=1S/C18H29N3O/c1-13-9-15(3)17(10-14(13)2)12-21-8-4-5-16(11-21)18(22)20-7-6-19/h9-10,16H,4-8,11-12,19H2,1-3H3,(H,20,22).